The van der Waals surface area contributed by atoms with E-state index in [0.29, 0.717) is 12.5 Å². The lowest BCUT2D eigenvalue weighted by atomic mass is 9.87. The van der Waals surface area contributed by atoms with Crippen molar-refractivity contribution < 1.29 is 14.4 Å². The van der Waals surface area contributed by atoms with Gasteiger partial charge in [0.25, 0.3) is 0 Å². The highest BCUT2D eigenvalue weighted by atomic mass is 16.6. The zero-order valence-corrected chi connectivity index (χ0v) is 16.5. The fourth-order valence-electron chi connectivity index (χ4n) is 3.77. The first kappa shape index (κ1) is 19.1. The molecule has 3 heterocycles. The van der Waals surface area contributed by atoms with Gasteiger partial charge in [-0.15, -0.1) is 0 Å². The van der Waals surface area contributed by atoms with Gasteiger partial charge in [0.15, 0.2) is 0 Å². The first-order valence-electron chi connectivity index (χ1n) is 9.80. The van der Waals surface area contributed by atoms with E-state index >= 15 is 0 Å². The van der Waals surface area contributed by atoms with Gasteiger partial charge in [0.1, 0.15) is 6.10 Å². The Morgan fingerprint density at radius 2 is 1.81 bits per heavy atom. The molecular weight excluding hydrogens is 332 g/mol. The van der Waals surface area contributed by atoms with Crippen LogP contribution in [0.15, 0.2) is 5.16 Å². The highest BCUT2D eigenvalue weighted by Gasteiger charge is 2.40. The minimum atomic E-state index is -0.263. The summed E-state index contributed by atoms with van der Waals surface area (Å²) in [5.74, 6) is 0.425. The molecule has 0 radical (unpaired) electrons. The SMILES string of the molecule is CCC(C)(C)C(=O)N1CC(N2CCN(C(=O)CC3CC(C)=NO3)CC2)C1. The van der Waals surface area contributed by atoms with E-state index in [1.165, 1.54) is 0 Å². The Morgan fingerprint density at radius 1 is 1.15 bits per heavy atom. The molecule has 2 saturated heterocycles. The predicted octanol–water partition coefficient (Wildman–Crippen LogP) is 1.33. The molecule has 0 bridgehead atoms. The van der Waals surface area contributed by atoms with Crippen molar-refractivity contribution in [3.63, 3.8) is 0 Å². The molecule has 7 heteroatoms. The Bertz CT molecular complexity index is 575. The Hall–Kier alpha value is -1.63. The molecule has 146 valence electrons. The largest absolute Gasteiger partial charge is 0.392 e. The summed E-state index contributed by atoms with van der Waals surface area (Å²) in [5.41, 5.74) is 0.698. The molecule has 0 N–H and O–H groups in total. The average molecular weight is 364 g/mol. The number of likely N-dealkylation sites (tertiary alicyclic amines) is 1. The van der Waals surface area contributed by atoms with E-state index in [1.807, 2.05) is 30.6 Å². The number of carbonyl (C=O) groups excluding carboxylic acids is 2. The lowest BCUT2D eigenvalue weighted by Crippen LogP contribution is -2.65. The number of nitrogens with zero attached hydrogens (tertiary/aromatic N) is 4. The van der Waals surface area contributed by atoms with E-state index in [-0.39, 0.29) is 23.3 Å². The number of oxime groups is 1. The molecule has 3 rings (SSSR count). The number of rotatable bonds is 5. The minimum absolute atomic E-state index is 0.0892. The molecule has 0 saturated carbocycles. The molecule has 0 aromatic carbocycles. The molecule has 2 fully saturated rings. The minimum Gasteiger partial charge on any atom is -0.392 e. The fraction of sp³-hybridized carbons (Fsp3) is 0.842. The van der Waals surface area contributed by atoms with E-state index in [4.69, 9.17) is 4.84 Å². The van der Waals surface area contributed by atoms with Crippen LogP contribution in [0.3, 0.4) is 0 Å². The number of carbonyl (C=O) groups is 2. The number of amides is 2. The van der Waals surface area contributed by atoms with Crippen molar-refractivity contribution in [3.05, 3.63) is 0 Å². The lowest BCUT2D eigenvalue weighted by Gasteiger charge is -2.49. The van der Waals surface area contributed by atoms with Gasteiger partial charge in [-0.25, -0.2) is 0 Å². The summed E-state index contributed by atoms with van der Waals surface area (Å²) in [4.78, 5) is 36.5. The third-order valence-electron chi connectivity index (χ3n) is 6.08. The second-order valence-corrected chi connectivity index (χ2v) is 8.48. The molecule has 1 unspecified atom stereocenters. The maximum atomic E-state index is 12.5. The van der Waals surface area contributed by atoms with Gasteiger partial charge in [0.05, 0.1) is 12.1 Å². The fourth-order valence-corrected chi connectivity index (χ4v) is 3.77. The summed E-state index contributed by atoms with van der Waals surface area (Å²) in [6.45, 7) is 13.0. The van der Waals surface area contributed by atoms with Crippen molar-refractivity contribution in [2.24, 2.45) is 10.6 Å². The molecule has 26 heavy (non-hydrogen) atoms. The van der Waals surface area contributed by atoms with Gasteiger partial charge in [-0.3, -0.25) is 14.5 Å². The Kier molecular flexibility index (Phi) is 5.55. The van der Waals surface area contributed by atoms with Crippen LogP contribution in [0.1, 0.15) is 47.0 Å². The summed E-state index contributed by atoms with van der Waals surface area (Å²) in [7, 11) is 0. The standard InChI is InChI=1S/C19H32N4O3/c1-5-19(3,4)18(25)23-12-15(13-23)21-6-8-22(9-7-21)17(24)11-16-10-14(2)20-26-16/h15-16H,5-13H2,1-4H3. The van der Waals surface area contributed by atoms with Gasteiger partial charge in [-0.2, -0.15) is 0 Å². The Labute approximate surface area is 156 Å². The Balaban J connectivity index is 1.38. The van der Waals surface area contributed by atoms with E-state index in [2.05, 4.69) is 17.0 Å². The molecule has 0 aliphatic carbocycles. The van der Waals surface area contributed by atoms with Gasteiger partial charge in [0, 0.05) is 57.1 Å². The smallest absolute Gasteiger partial charge is 0.228 e. The summed E-state index contributed by atoms with van der Waals surface area (Å²) >= 11 is 0. The molecule has 0 aromatic heterocycles. The maximum Gasteiger partial charge on any atom is 0.228 e. The van der Waals surface area contributed by atoms with Crippen LogP contribution >= 0.6 is 0 Å². The van der Waals surface area contributed by atoms with E-state index in [1.54, 1.807) is 0 Å². The van der Waals surface area contributed by atoms with Crippen LogP contribution in [0.25, 0.3) is 0 Å². The van der Waals surface area contributed by atoms with Crippen molar-refractivity contribution in [2.75, 3.05) is 39.3 Å². The average Bonchev–Trinajstić information content (AvgIpc) is 2.98. The van der Waals surface area contributed by atoms with Crippen molar-refractivity contribution in [1.82, 2.24) is 14.7 Å². The van der Waals surface area contributed by atoms with Crippen LogP contribution in [0, 0.1) is 5.41 Å². The van der Waals surface area contributed by atoms with Crippen LogP contribution in [-0.4, -0.2) is 83.6 Å². The zero-order valence-electron chi connectivity index (χ0n) is 16.5. The topological polar surface area (TPSA) is 65.5 Å². The number of hydrogen-bond donors (Lipinski definition) is 0. The van der Waals surface area contributed by atoms with Crippen molar-refractivity contribution in [2.45, 2.75) is 59.1 Å². The highest BCUT2D eigenvalue weighted by molar-refractivity contribution is 5.84. The van der Waals surface area contributed by atoms with E-state index in [0.717, 1.165) is 57.8 Å². The lowest BCUT2D eigenvalue weighted by molar-refractivity contribution is -0.149. The molecule has 2 amide bonds. The zero-order chi connectivity index (χ0) is 18.9. The quantitative estimate of drug-likeness (QED) is 0.738. The second-order valence-electron chi connectivity index (χ2n) is 8.48. The van der Waals surface area contributed by atoms with Crippen LogP contribution in [0.4, 0.5) is 0 Å². The van der Waals surface area contributed by atoms with Crippen molar-refractivity contribution >= 4 is 17.5 Å². The van der Waals surface area contributed by atoms with Crippen molar-refractivity contribution in [3.8, 4) is 0 Å². The maximum absolute atomic E-state index is 12.5. The van der Waals surface area contributed by atoms with Crippen LogP contribution < -0.4 is 0 Å². The highest BCUT2D eigenvalue weighted by Crippen LogP contribution is 2.27. The number of piperazine rings is 1. The molecule has 3 aliphatic heterocycles. The normalized spacial score (nSPS) is 24.9. The van der Waals surface area contributed by atoms with Crippen molar-refractivity contribution in [1.29, 1.82) is 0 Å². The summed E-state index contributed by atoms with van der Waals surface area (Å²) in [5, 5.41) is 3.92. The van der Waals surface area contributed by atoms with E-state index in [9.17, 15) is 9.59 Å². The molecule has 3 aliphatic rings. The van der Waals surface area contributed by atoms with Gasteiger partial charge in [-0.05, 0) is 13.3 Å². The first-order valence-corrected chi connectivity index (χ1v) is 9.80. The molecule has 0 spiro atoms. The van der Waals surface area contributed by atoms with Gasteiger partial charge in [0.2, 0.25) is 11.8 Å². The molecule has 1 atom stereocenters. The van der Waals surface area contributed by atoms with Crippen LogP contribution in [-0.2, 0) is 14.4 Å². The van der Waals surface area contributed by atoms with Gasteiger partial charge < -0.3 is 14.6 Å². The van der Waals surface area contributed by atoms with Gasteiger partial charge >= 0.3 is 0 Å². The number of hydrogen-bond acceptors (Lipinski definition) is 5. The summed E-state index contributed by atoms with van der Waals surface area (Å²) in [6, 6.07) is 0.443. The summed E-state index contributed by atoms with van der Waals surface area (Å²) < 4.78 is 0. The third kappa shape index (κ3) is 4.03. The predicted molar refractivity (Wildman–Crippen MR) is 99.8 cm³/mol. The summed E-state index contributed by atoms with van der Waals surface area (Å²) in [6.07, 6.45) is 1.95. The first-order chi connectivity index (χ1) is 12.3. The molecule has 7 nitrogen and oxygen atoms in total. The molecule has 0 aromatic rings. The monoisotopic (exact) mass is 364 g/mol. The van der Waals surface area contributed by atoms with E-state index < -0.39 is 0 Å². The molecular formula is C19H32N4O3. The second kappa shape index (κ2) is 7.55. The van der Waals surface area contributed by atoms with Crippen LogP contribution in [0.2, 0.25) is 0 Å². The third-order valence-corrected chi connectivity index (χ3v) is 6.08. The van der Waals surface area contributed by atoms with Gasteiger partial charge in [-0.1, -0.05) is 25.9 Å². The Morgan fingerprint density at radius 3 is 2.35 bits per heavy atom. The van der Waals surface area contributed by atoms with Crippen LogP contribution in [0.5, 0.6) is 0 Å².